The molecule has 142 valence electrons. The zero-order valence-electron chi connectivity index (χ0n) is 14.8. The van der Waals surface area contributed by atoms with Crippen molar-refractivity contribution >= 4 is 34.5 Å². The molecule has 1 aliphatic rings. The Balaban J connectivity index is 1.29. The van der Waals surface area contributed by atoms with E-state index in [0.29, 0.717) is 35.3 Å². The molecule has 7 nitrogen and oxygen atoms in total. The summed E-state index contributed by atoms with van der Waals surface area (Å²) in [5, 5.41) is 0.619. The van der Waals surface area contributed by atoms with Crippen LogP contribution in [0.4, 0.5) is 0 Å². The summed E-state index contributed by atoms with van der Waals surface area (Å²) in [4.78, 5) is 32.9. The second-order valence-corrected chi connectivity index (χ2v) is 6.92. The van der Waals surface area contributed by atoms with Gasteiger partial charge in [-0.25, -0.2) is 4.98 Å². The van der Waals surface area contributed by atoms with Crippen LogP contribution in [0, 0.1) is 0 Å². The number of carbonyl (C=O) groups excluding carboxylic acids is 2. The molecular weight excluding hydrogens is 380 g/mol. The lowest BCUT2D eigenvalue weighted by Gasteiger charge is -2.18. The van der Waals surface area contributed by atoms with Crippen LogP contribution in [0.2, 0.25) is 0 Å². The number of para-hydroxylation sites is 2. The number of benzene rings is 2. The summed E-state index contributed by atoms with van der Waals surface area (Å²) in [6, 6.07) is 12.4. The average molecular weight is 396 g/mol. The minimum absolute atomic E-state index is 0.0431. The third-order valence-electron chi connectivity index (χ3n) is 3.99. The van der Waals surface area contributed by atoms with Crippen LogP contribution < -0.4 is 9.47 Å². The SMILES string of the molecule is O=C(CSc1cnc2ccccc2n1)OCC(=O)c1ccc2c(c1)OCCO2. The molecule has 4 rings (SSSR count). The number of rotatable bonds is 6. The van der Waals surface area contributed by atoms with Gasteiger partial charge in [0, 0.05) is 5.56 Å². The molecule has 2 heterocycles. The number of ether oxygens (including phenoxy) is 3. The van der Waals surface area contributed by atoms with E-state index in [1.54, 1.807) is 24.4 Å². The van der Waals surface area contributed by atoms with Crippen LogP contribution in [-0.4, -0.2) is 47.3 Å². The standard InChI is InChI=1S/C20H16N2O5S/c23-16(13-5-6-17-18(9-13)26-8-7-25-17)11-27-20(24)12-28-19-10-21-14-3-1-2-4-15(14)22-19/h1-6,9-10H,7-8,11-12H2. The van der Waals surface area contributed by atoms with Gasteiger partial charge in [-0.1, -0.05) is 23.9 Å². The number of Topliss-reactive ketones (excluding diaryl/α,β-unsaturated/α-hetero) is 1. The zero-order chi connectivity index (χ0) is 19.3. The van der Waals surface area contributed by atoms with E-state index in [9.17, 15) is 9.59 Å². The highest BCUT2D eigenvalue weighted by molar-refractivity contribution is 7.99. The van der Waals surface area contributed by atoms with Crippen LogP contribution in [0.25, 0.3) is 11.0 Å². The topological polar surface area (TPSA) is 87.6 Å². The van der Waals surface area contributed by atoms with E-state index in [-0.39, 0.29) is 18.1 Å². The second-order valence-electron chi connectivity index (χ2n) is 5.93. The quantitative estimate of drug-likeness (QED) is 0.357. The van der Waals surface area contributed by atoms with Crippen LogP contribution in [0.15, 0.2) is 53.7 Å². The monoisotopic (exact) mass is 396 g/mol. The lowest BCUT2D eigenvalue weighted by molar-refractivity contribution is -0.139. The Morgan fingerprint density at radius 2 is 1.82 bits per heavy atom. The van der Waals surface area contributed by atoms with Gasteiger partial charge in [0.2, 0.25) is 0 Å². The van der Waals surface area contributed by atoms with Crippen molar-refractivity contribution < 1.29 is 23.8 Å². The average Bonchev–Trinajstić information content (AvgIpc) is 2.75. The first kappa shape index (κ1) is 18.2. The molecule has 0 radical (unpaired) electrons. The first-order valence-electron chi connectivity index (χ1n) is 8.62. The van der Waals surface area contributed by atoms with Crippen LogP contribution in [0.5, 0.6) is 11.5 Å². The van der Waals surface area contributed by atoms with Gasteiger partial charge in [-0.2, -0.15) is 0 Å². The smallest absolute Gasteiger partial charge is 0.316 e. The van der Waals surface area contributed by atoms with Crippen LogP contribution in [-0.2, 0) is 9.53 Å². The van der Waals surface area contributed by atoms with Gasteiger partial charge in [0.25, 0.3) is 0 Å². The fourth-order valence-electron chi connectivity index (χ4n) is 2.63. The summed E-state index contributed by atoms with van der Waals surface area (Å²) in [5.41, 5.74) is 1.96. The summed E-state index contributed by atoms with van der Waals surface area (Å²) >= 11 is 1.21. The van der Waals surface area contributed by atoms with E-state index in [1.807, 2.05) is 24.3 Å². The van der Waals surface area contributed by atoms with Crippen molar-refractivity contribution in [2.24, 2.45) is 0 Å². The van der Waals surface area contributed by atoms with Crippen molar-refractivity contribution in [2.75, 3.05) is 25.6 Å². The largest absolute Gasteiger partial charge is 0.486 e. The normalized spacial score (nSPS) is 12.6. The Kier molecular flexibility index (Phi) is 5.38. The molecule has 28 heavy (non-hydrogen) atoms. The van der Waals surface area contributed by atoms with Crippen molar-refractivity contribution in [1.82, 2.24) is 9.97 Å². The lowest BCUT2D eigenvalue weighted by Crippen LogP contribution is -2.18. The summed E-state index contributed by atoms with van der Waals surface area (Å²) < 4.78 is 16.0. The van der Waals surface area contributed by atoms with E-state index in [0.717, 1.165) is 11.0 Å². The molecule has 8 heteroatoms. The maximum absolute atomic E-state index is 12.3. The summed E-state index contributed by atoms with van der Waals surface area (Å²) in [6.07, 6.45) is 1.61. The minimum Gasteiger partial charge on any atom is -0.486 e. The molecule has 0 N–H and O–H groups in total. The molecule has 2 aromatic carbocycles. The number of aromatic nitrogens is 2. The van der Waals surface area contributed by atoms with Gasteiger partial charge in [-0.15, -0.1) is 0 Å². The molecule has 0 fully saturated rings. The van der Waals surface area contributed by atoms with Crippen molar-refractivity contribution in [3.8, 4) is 11.5 Å². The molecule has 1 aromatic heterocycles. The Bertz CT molecular complexity index is 1040. The zero-order valence-corrected chi connectivity index (χ0v) is 15.6. The highest BCUT2D eigenvalue weighted by Crippen LogP contribution is 2.30. The Labute approximate surface area is 165 Å². The van der Waals surface area contributed by atoms with Gasteiger partial charge in [0.15, 0.2) is 23.9 Å². The third kappa shape index (κ3) is 4.23. The number of carbonyl (C=O) groups is 2. The van der Waals surface area contributed by atoms with Gasteiger partial charge in [0.1, 0.15) is 18.2 Å². The molecule has 1 aliphatic heterocycles. The molecule has 0 saturated carbocycles. The molecular formula is C20H16N2O5S. The van der Waals surface area contributed by atoms with Crippen molar-refractivity contribution in [3.05, 3.63) is 54.2 Å². The van der Waals surface area contributed by atoms with Crippen LogP contribution in [0.1, 0.15) is 10.4 Å². The lowest BCUT2D eigenvalue weighted by atomic mass is 10.1. The van der Waals surface area contributed by atoms with Gasteiger partial charge in [-0.3, -0.25) is 14.6 Å². The number of esters is 1. The predicted molar refractivity (Wildman–Crippen MR) is 103 cm³/mol. The summed E-state index contributed by atoms with van der Waals surface area (Å²) in [6.45, 7) is 0.591. The molecule has 0 aliphatic carbocycles. The Morgan fingerprint density at radius 1 is 1.04 bits per heavy atom. The first-order chi connectivity index (χ1) is 13.7. The first-order valence-corrected chi connectivity index (χ1v) is 9.61. The van der Waals surface area contributed by atoms with Crippen LogP contribution >= 0.6 is 11.8 Å². The fourth-order valence-corrected chi connectivity index (χ4v) is 3.27. The van der Waals surface area contributed by atoms with Gasteiger partial charge in [-0.05, 0) is 30.3 Å². The van der Waals surface area contributed by atoms with E-state index < -0.39 is 5.97 Å². The minimum atomic E-state index is -0.495. The summed E-state index contributed by atoms with van der Waals surface area (Å²) in [7, 11) is 0. The van der Waals surface area contributed by atoms with Crippen LogP contribution in [0.3, 0.4) is 0 Å². The maximum atomic E-state index is 12.3. The molecule has 0 unspecified atom stereocenters. The fraction of sp³-hybridized carbons (Fsp3) is 0.200. The highest BCUT2D eigenvalue weighted by atomic mass is 32.2. The molecule has 0 spiro atoms. The third-order valence-corrected chi connectivity index (χ3v) is 4.87. The van der Waals surface area contributed by atoms with E-state index in [4.69, 9.17) is 14.2 Å². The molecule has 3 aromatic rings. The van der Waals surface area contributed by atoms with Crippen molar-refractivity contribution in [2.45, 2.75) is 5.03 Å². The van der Waals surface area contributed by atoms with Crippen molar-refractivity contribution in [3.63, 3.8) is 0 Å². The number of hydrogen-bond acceptors (Lipinski definition) is 8. The highest BCUT2D eigenvalue weighted by Gasteiger charge is 2.16. The number of hydrogen-bond donors (Lipinski definition) is 0. The Morgan fingerprint density at radius 3 is 2.68 bits per heavy atom. The van der Waals surface area contributed by atoms with E-state index in [2.05, 4.69) is 9.97 Å². The molecule has 0 saturated heterocycles. The van der Waals surface area contributed by atoms with E-state index in [1.165, 1.54) is 11.8 Å². The number of fused-ring (bicyclic) bond motifs is 2. The number of nitrogens with zero attached hydrogens (tertiary/aromatic N) is 2. The second kappa shape index (κ2) is 8.26. The van der Waals surface area contributed by atoms with Gasteiger partial charge < -0.3 is 14.2 Å². The number of thioether (sulfide) groups is 1. The maximum Gasteiger partial charge on any atom is 0.316 e. The van der Waals surface area contributed by atoms with Crippen molar-refractivity contribution in [1.29, 1.82) is 0 Å². The molecule has 0 bridgehead atoms. The van der Waals surface area contributed by atoms with Gasteiger partial charge in [0.05, 0.1) is 23.0 Å². The molecule has 0 atom stereocenters. The van der Waals surface area contributed by atoms with E-state index >= 15 is 0 Å². The summed E-state index contributed by atoms with van der Waals surface area (Å²) in [5.74, 6) is 0.370. The Hall–Kier alpha value is -3.13. The van der Waals surface area contributed by atoms with Gasteiger partial charge >= 0.3 is 5.97 Å². The number of ketones is 1. The predicted octanol–water partition coefficient (Wildman–Crippen LogP) is 2.92. The molecule has 0 amide bonds.